The van der Waals surface area contributed by atoms with E-state index in [9.17, 15) is 13.2 Å². The van der Waals surface area contributed by atoms with Crippen molar-refractivity contribution in [2.45, 2.75) is 4.90 Å². The molecule has 2 rings (SSSR count). The maximum Gasteiger partial charge on any atom is 0.338 e. The van der Waals surface area contributed by atoms with Gasteiger partial charge in [-0.25, -0.2) is 13.2 Å². The minimum absolute atomic E-state index is 0.0317. The van der Waals surface area contributed by atoms with E-state index < -0.39 is 16.0 Å². The molecule has 0 aromatic heterocycles. The van der Waals surface area contributed by atoms with Gasteiger partial charge in [0.05, 0.1) is 23.3 Å². The molecule has 0 aliphatic heterocycles. The van der Waals surface area contributed by atoms with Gasteiger partial charge in [0.15, 0.2) is 0 Å². The van der Waals surface area contributed by atoms with Gasteiger partial charge in [0.1, 0.15) is 12.4 Å². The molecule has 2 aromatic rings. The van der Waals surface area contributed by atoms with Crippen molar-refractivity contribution in [3.63, 3.8) is 0 Å². The van der Waals surface area contributed by atoms with Crippen LogP contribution in [0.1, 0.15) is 10.4 Å². The molecule has 0 aliphatic carbocycles. The van der Waals surface area contributed by atoms with E-state index in [1.807, 2.05) is 0 Å². The third kappa shape index (κ3) is 4.36. The molecular weight excluding hydrogens is 378 g/mol. The maximum absolute atomic E-state index is 12.8. The van der Waals surface area contributed by atoms with Crippen LogP contribution in [0.15, 0.2) is 65.0 Å². The third-order valence-corrected chi connectivity index (χ3v) is 5.43. The number of carbonyl (C=O) groups is 1. The van der Waals surface area contributed by atoms with E-state index in [-0.39, 0.29) is 22.1 Å². The molecule has 0 saturated carbocycles. The Morgan fingerprint density at radius 3 is 2.35 bits per heavy atom. The van der Waals surface area contributed by atoms with Gasteiger partial charge in [0.2, 0.25) is 0 Å². The van der Waals surface area contributed by atoms with Crippen molar-refractivity contribution in [1.29, 1.82) is 0 Å². The SMILES string of the molecule is C=C(Cl)COC(=O)c1ccc(S(=O)(=O)N(C)c2ccccc2OC)cc1. The number of esters is 1. The van der Waals surface area contributed by atoms with Crippen LogP contribution < -0.4 is 9.04 Å². The highest BCUT2D eigenvalue weighted by atomic mass is 35.5. The van der Waals surface area contributed by atoms with Gasteiger partial charge in [0, 0.05) is 12.1 Å². The molecule has 0 bridgehead atoms. The number of methoxy groups -OCH3 is 1. The van der Waals surface area contributed by atoms with E-state index in [1.54, 1.807) is 24.3 Å². The third-order valence-electron chi connectivity index (χ3n) is 3.53. The van der Waals surface area contributed by atoms with E-state index in [1.165, 1.54) is 38.4 Å². The molecule has 26 heavy (non-hydrogen) atoms. The fourth-order valence-electron chi connectivity index (χ4n) is 2.17. The van der Waals surface area contributed by atoms with Crippen molar-refractivity contribution in [1.82, 2.24) is 0 Å². The number of sulfonamides is 1. The molecule has 6 nitrogen and oxygen atoms in total. The van der Waals surface area contributed by atoms with Crippen LogP contribution in [0.3, 0.4) is 0 Å². The number of anilines is 1. The standard InChI is InChI=1S/C18H18ClNO5S/c1-13(19)12-25-18(21)14-8-10-15(11-9-14)26(22,23)20(2)16-6-4-5-7-17(16)24-3/h4-11H,1,12H2,2-3H3. The maximum atomic E-state index is 12.8. The highest BCUT2D eigenvalue weighted by molar-refractivity contribution is 7.92. The zero-order valence-corrected chi connectivity index (χ0v) is 15.9. The molecule has 0 fully saturated rings. The number of para-hydroxylation sites is 2. The Bertz CT molecular complexity index is 909. The predicted molar refractivity (Wildman–Crippen MR) is 100 cm³/mol. The quantitative estimate of drug-likeness (QED) is 0.671. The second-order valence-electron chi connectivity index (χ2n) is 5.26. The number of ether oxygens (including phenoxy) is 2. The smallest absolute Gasteiger partial charge is 0.338 e. The highest BCUT2D eigenvalue weighted by Crippen LogP contribution is 2.30. The molecule has 0 saturated heterocycles. The summed E-state index contributed by atoms with van der Waals surface area (Å²) in [5.74, 6) is -0.186. The van der Waals surface area contributed by atoms with E-state index in [0.717, 1.165) is 4.31 Å². The first kappa shape index (κ1) is 19.8. The van der Waals surface area contributed by atoms with Crippen LogP contribution in [0, 0.1) is 0 Å². The summed E-state index contributed by atoms with van der Waals surface area (Å²) in [4.78, 5) is 11.9. The van der Waals surface area contributed by atoms with Crippen LogP contribution in [-0.2, 0) is 14.8 Å². The lowest BCUT2D eigenvalue weighted by molar-refractivity contribution is 0.0546. The van der Waals surface area contributed by atoms with Crippen LogP contribution in [0.4, 0.5) is 5.69 Å². The van der Waals surface area contributed by atoms with Gasteiger partial charge >= 0.3 is 5.97 Å². The molecule has 2 aromatic carbocycles. The first-order chi connectivity index (χ1) is 12.3. The van der Waals surface area contributed by atoms with Gasteiger partial charge in [-0.3, -0.25) is 4.31 Å². The Balaban J connectivity index is 2.26. The average Bonchev–Trinajstić information content (AvgIpc) is 2.65. The minimum Gasteiger partial charge on any atom is -0.495 e. The van der Waals surface area contributed by atoms with Crippen LogP contribution in [-0.4, -0.2) is 35.2 Å². The second-order valence-corrected chi connectivity index (χ2v) is 7.77. The Hall–Kier alpha value is -2.51. The molecule has 0 aliphatic rings. The summed E-state index contributed by atoms with van der Waals surface area (Å²) < 4.78 is 36.9. The summed E-state index contributed by atoms with van der Waals surface area (Å²) in [7, 11) is -0.927. The summed E-state index contributed by atoms with van der Waals surface area (Å²) in [6.07, 6.45) is 0. The lowest BCUT2D eigenvalue weighted by atomic mass is 10.2. The van der Waals surface area contributed by atoms with Crippen LogP contribution in [0.5, 0.6) is 5.75 Å². The number of carbonyl (C=O) groups excluding carboxylic acids is 1. The van der Waals surface area contributed by atoms with E-state index in [4.69, 9.17) is 21.1 Å². The predicted octanol–water partition coefficient (Wildman–Crippen LogP) is 3.43. The minimum atomic E-state index is -3.83. The van der Waals surface area contributed by atoms with Crippen LogP contribution in [0.2, 0.25) is 0 Å². The molecule has 0 amide bonds. The van der Waals surface area contributed by atoms with Crippen molar-refractivity contribution in [2.75, 3.05) is 25.1 Å². The van der Waals surface area contributed by atoms with Crippen molar-refractivity contribution in [2.24, 2.45) is 0 Å². The zero-order chi connectivity index (χ0) is 19.3. The van der Waals surface area contributed by atoms with Gasteiger partial charge in [-0.1, -0.05) is 30.3 Å². The first-order valence-electron chi connectivity index (χ1n) is 7.49. The monoisotopic (exact) mass is 395 g/mol. The first-order valence-corrected chi connectivity index (χ1v) is 9.31. The molecular formula is C18H18ClNO5S. The topological polar surface area (TPSA) is 72.9 Å². The molecule has 0 radical (unpaired) electrons. The molecule has 0 heterocycles. The normalized spacial score (nSPS) is 10.9. The number of rotatable bonds is 7. The Kier molecular flexibility index (Phi) is 6.28. The van der Waals surface area contributed by atoms with Crippen molar-refractivity contribution in [3.05, 3.63) is 65.7 Å². The fraction of sp³-hybridized carbons (Fsp3) is 0.167. The summed E-state index contributed by atoms with van der Waals surface area (Å²) >= 11 is 5.55. The fourth-order valence-corrected chi connectivity index (χ4v) is 3.43. The number of halogens is 1. The summed E-state index contributed by atoms with van der Waals surface area (Å²) in [6, 6.07) is 12.2. The Morgan fingerprint density at radius 2 is 1.77 bits per heavy atom. The number of benzene rings is 2. The van der Waals surface area contributed by atoms with E-state index >= 15 is 0 Å². The van der Waals surface area contributed by atoms with E-state index in [2.05, 4.69) is 6.58 Å². The summed E-state index contributed by atoms with van der Waals surface area (Å²) in [6.45, 7) is 3.31. The zero-order valence-electron chi connectivity index (χ0n) is 14.3. The van der Waals surface area contributed by atoms with Gasteiger partial charge in [-0.05, 0) is 36.4 Å². The van der Waals surface area contributed by atoms with Crippen LogP contribution >= 0.6 is 11.6 Å². The Labute approximate surface area is 157 Å². The molecule has 0 spiro atoms. The van der Waals surface area contributed by atoms with Gasteiger partial charge < -0.3 is 9.47 Å². The van der Waals surface area contributed by atoms with Crippen molar-refractivity contribution in [3.8, 4) is 5.75 Å². The Morgan fingerprint density at radius 1 is 1.15 bits per heavy atom. The number of hydrogen-bond acceptors (Lipinski definition) is 5. The molecule has 8 heteroatoms. The van der Waals surface area contributed by atoms with Crippen LogP contribution in [0.25, 0.3) is 0 Å². The number of nitrogens with zero attached hydrogens (tertiary/aromatic N) is 1. The molecule has 0 unspecified atom stereocenters. The molecule has 0 N–H and O–H groups in total. The van der Waals surface area contributed by atoms with E-state index in [0.29, 0.717) is 11.4 Å². The summed E-state index contributed by atoms with van der Waals surface area (Å²) in [5, 5.41) is 0.191. The second kappa shape index (κ2) is 8.25. The molecule has 138 valence electrons. The largest absolute Gasteiger partial charge is 0.495 e. The van der Waals surface area contributed by atoms with Gasteiger partial charge in [-0.15, -0.1) is 0 Å². The number of hydrogen-bond donors (Lipinski definition) is 0. The highest BCUT2D eigenvalue weighted by Gasteiger charge is 2.24. The van der Waals surface area contributed by atoms with Crippen molar-refractivity contribution < 1.29 is 22.7 Å². The molecule has 0 atom stereocenters. The average molecular weight is 396 g/mol. The summed E-state index contributed by atoms with van der Waals surface area (Å²) in [5.41, 5.74) is 0.612. The lowest BCUT2D eigenvalue weighted by Gasteiger charge is -2.21. The van der Waals surface area contributed by atoms with Gasteiger partial charge in [-0.2, -0.15) is 0 Å². The lowest BCUT2D eigenvalue weighted by Crippen LogP contribution is -2.27. The van der Waals surface area contributed by atoms with Gasteiger partial charge in [0.25, 0.3) is 10.0 Å². The van der Waals surface area contributed by atoms with Crippen molar-refractivity contribution >= 4 is 33.3 Å².